The number of halogens is 1. The third-order valence-corrected chi connectivity index (χ3v) is 3.62. The van der Waals surface area contributed by atoms with Crippen LogP contribution in [0.3, 0.4) is 0 Å². The maximum Gasteiger partial charge on any atom is 0.151 e. The van der Waals surface area contributed by atoms with Crippen LogP contribution in [-0.2, 0) is 4.74 Å². The SMILES string of the molecule is Clc1ccc(-c2cc(NC3CO3)cs2)cc1. The molecule has 1 atom stereocenters. The van der Waals surface area contributed by atoms with Crippen molar-refractivity contribution in [1.29, 1.82) is 0 Å². The van der Waals surface area contributed by atoms with E-state index >= 15 is 0 Å². The first-order chi connectivity index (χ1) is 7.81. The molecule has 1 aliphatic rings. The quantitative estimate of drug-likeness (QED) is 0.839. The van der Waals surface area contributed by atoms with Gasteiger partial charge in [-0.05, 0) is 23.8 Å². The molecule has 1 fully saturated rings. The minimum Gasteiger partial charge on any atom is -0.358 e. The van der Waals surface area contributed by atoms with Gasteiger partial charge >= 0.3 is 0 Å². The highest BCUT2D eigenvalue weighted by Gasteiger charge is 2.22. The van der Waals surface area contributed by atoms with Gasteiger partial charge in [-0.3, -0.25) is 0 Å². The van der Waals surface area contributed by atoms with Gasteiger partial charge in [0, 0.05) is 21.0 Å². The molecule has 3 rings (SSSR count). The number of benzene rings is 1. The number of thiophene rings is 1. The first kappa shape index (κ1) is 10.1. The second kappa shape index (κ2) is 4.09. The minimum atomic E-state index is 0.215. The molecule has 2 nitrogen and oxygen atoms in total. The highest BCUT2D eigenvalue weighted by molar-refractivity contribution is 7.14. The zero-order valence-electron chi connectivity index (χ0n) is 8.44. The highest BCUT2D eigenvalue weighted by Crippen LogP contribution is 2.31. The maximum absolute atomic E-state index is 5.86. The summed E-state index contributed by atoms with van der Waals surface area (Å²) in [4.78, 5) is 1.24. The van der Waals surface area contributed by atoms with E-state index in [0.717, 1.165) is 17.3 Å². The van der Waals surface area contributed by atoms with Crippen molar-refractivity contribution in [3.63, 3.8) is 0 Å². The fourth-order valence-electron chi connectivity index (χ4n) is 1.49. The fourth-order valence-corrected chi connectivity index (χ4v) is 2.48. The zero-order valence-corrected chi connectivity index (χ0v) is 10.0. The Labute approximate surface area is 103 Å². The third kappa shape index (κ3) is 2.21. The van der Waals surface area contributed by atoms with E-state index in [1.54, 1.807) is 11.3 Å². The van der Waals surface area contributed by atoms with Gasteiger partial charge in [0.2, 0.25) is 0 Å². The number of nitrogens with one attached hydrogen (secondary N) is 1. The zero-order chi connectivity index (χ0) is 11.0. The van der Waals surface area contributed by atoms with E-state index in [9.17, 15) is 0 Å². The molecule has 0 aliphatic carbocycles. The monoisotopic (exact) mass is 251 g/mol. The first-order valence-corrected chi connectivity index (χ1v) is 6.30. The van der Waals surface area contributed by atoms with Gasteiger partial charge in [-0.1, -0.05) is 23.7 Å². The first-order valence-electron chi connectivity index (χ1n) is 5.04. The standard InChI is InChI=1S/C12H10ClNOS/c13-9-3-1-8(2-4-9)11-5-10(7-16-11)14-12-6-15-12/h1-5,7,12,14H,6H2. The molecule has 0 radical (unpaired) electrons. The molecule has 1 aliphatic heterocycles. The molecule has 2 heterocycles. The van der Waals surface area contributed by atoms with Gasteiger partial charge in [-0.15, -0.1) is 11.3 Å². The summed E-state index contributed by atoms with van der Waals surface area (Å²) in [7, 11) is 0. The van der Waals surface area contributed by atoms with E-state index in [2.05, 4.69) is 16.8 Å². The van der Waals surface area contributed by atoms with Gasteiger partial charge in [0.25, 0.3) is 0 Å². The van der Waals surface area contributed by atoms with Crippen LogP contribution in [0.5, 0.6) is 0 Å². The lowest BCUT2D eigenvalue weighted by atomic mass is 10.2. The summed E-state index contributed by atoms with van der Waals surface area (Å²) in [5.74, 6) is 0. The second-order valence-corrected chi connectivity index (χ2v) is 5.02. The molecular formula is C12H10ClNOS. The molecule has 1 aromatic heterocycles. The second-order valence-electron chi connectivity index (χ2n) is 3.67. The van der Waals surface area contributed by atoms with E-state index in [0.29, 0.717) is 0 Å². The summed E-state index contributed by atoms with van der Waals surface area (Å²) < 4.78 is 5.12. The smallest absolute Gasteiger partial charge is 0.151 e. The van der Waals surface area contributed by atoms with E-state index < -0.39 is 0 Å². The lowest BCUT2D eigenvalue weighted by Crippen LogP contribution is -2.00. The summed E-state index contributed by atoms with van der Waals surface area (Å²) >= 11 is 7.57. The molecule has 16 heavy (non-hydrogen) atoms. The van der Waals surface area contributed by atoms with Crippen LogP contribution >= 0.6 is 22.9 Å². The topological polar surface area (TPSA) is 24.6 Å². The van der Waals surface area contributed by atoms with Crippen molar-refractivity contribution < 1.29 is 4.74 Å². The lowest BCUT2D eigenvalue weighted by molar-refractivity contribution is 0.428. The summed E-state index contributed by atoms with van der Waals surface area (Å²) in [5.41, 5.74) is 2.32. The van der Waals surface area contributed by atoms with E-state index in [1.807, 2.05) is 24.3 Å². The van der Waals surface area contributed by atoms with Crippen molar-refractivity contribution in [2.75, 3.05) is 11.9 Å². The number of hydrogen-bond donors (Lipinski definition) is 1. The summed E-state index contributed by atoms with van der Waals surface area (Å²) in [6.45, 7) is 0.812. The van der Waals surface area contributed by atoms with Crippen molar-refractivity contribution in [1.82, 2.24) is 0 Å². The molecule has 1 saturated heterocycles. The van der Waals surface area contributed by atoms with Crippen LogP contribution in [0.1, 0.15) is 0 Å². The molecule has 2 aromatic rings. The van der Waals surface area contributed by atoms with Crippen LogP contribution in [0.4, 0.5) is 5.69 Å². The van der Waals surface area contributed by atoms with Crippen LogP contribution in [0.15, 0.2) is 35.7 Å². The van der Waals surface area contributed by atoms with Crippen LogP contribution < -0.4 is 5.32 Å². The van der Waals surface area contributed by atoms with E-state index in [4.69, 9.17) is 16.3 Å². The van der Waals surface area contributed by atoms with Gasteiger partial charge in [0.1, 0.15) is 0 Å². The molecule has 1 N–H and O–H groups in total. The number of anilines is 1. The molecule has 1 unspecified atom stereocenters. The Morgan fingerprint density at radius 2 is 2.06 bits per heavy atom. The molecule has 4 heteroatoms. The lowest BCUT2D eigenvalue weighted by Gasteiger charge is -1.97. The van der Waals surface area contributed by atoms with Crippen LogP contribution in [0.2, 0.25) is 5.02 Å². The van der Waals surface area contributed by atoms with E-state index in [-0.39, 0.29) is 6.23 Å². The molecule has 82 valence electrons. The average molecular weight is 252 g/mol. The van der Waals surface area contributed by atoms with Gasteiger partial charge in [-0.25, -0.2) is 0 Å². The van der Waals surface area contributed by atoms with Crippen molar-refractivity contribution >= 4 is 28.6 Å². The van der Waals surface area contributed by atoms with Gasteiger partial charge in [0.15, 0.2) is 6.23 Å². The average Bonchev–Trinajstić information content (AvgIpc) is 2.97. The summed E-state index contributed by atoms with van der Waals surface area (Å²) in [5, 5.41) is 6.15. The summed E-state index contributed by atoms with van der Waals surface area (Å²) in [6.07, 6.45) is 0.215. The fraction of sp³-hybridized carbons (Fsp3) is 0.167. The van der Waals surface area contributed by atoms with Crippen molar-refractivity contribution in [3.8, 4) is 10.4 Å². The molecule has 1 aromatic carbocycles. The predicted molar refractivity (Wildman–Crippen MR) is 68.1 cm³/mol. The number of ether oxygens (including phenoxy) is 1. The Bertz CT molecular complexity index is 490. The minimum absolute atomic E-state index is 0.215. The van der Waals surface area contributed by atoms with Crippen molar-refractivity contribution in [2.45, 2.75) is 6.23 Å². The van der Waals surface area contributed by atoms with Crippen molar-refractivity contribution in [2.24, 2.45) is 0 Å². The Morgan fingerprint density at radius 3 is 2.75 bits per heavy atom. The molecule has 0 amide bonds. The van der Waals surface area contributed by atoms with E-state index in [1.165, 1.54) is 10.4 Å². The largest absolute Gasteiger partial charge is 0.358 e. The maximum atomic E-state index is 5.86. The van der Waals surface area contributed by atoms with Gasteiger partial charge < -0.3 is 10.1 Å². The van der Waals surface area contributed by atoms with Gasteiger partial charge in [-0.2, -0.15) is 0 Å². The van der Waals surface area contributed by atoms with Crippen molar-refractivity contribution in [3.05, 3.63) is 40.7 Å². The van der Waals surface area contributed by atoms with Crippen LogP contribution in [0.25, 0.3) is 10.4 Å². The highest BCUT2D eigenvalue weighted by atomic mass is 35.5. The Balaban J connectivity index is 1.82. The molecular weight excluding hydrogens is 242 g/mol. The third-order valence-electron chi connectivity index (χ3n) is 2.39. The predicted octanol–water partition coefficient (Wildman–Crippen LogP) is 3.84. The summed E-state index contributed by atoms with van der Waals surface area (Å²) in [6, 6.07) is 10.0. The van der Waals surface area contributed by atoms with Crippen LogP contribution in [0, 0.1) is 0 Å². The Hall–Kier alpha value is -1.03. The number of epoxide rings is 1. The van der Waals surface area contributed by atoms with Gasteiger partial charge in [0.05, 0.1) is 6.61 Å². The molecule has 0 saturated carbocycles. The molecule has 0 bridgehead atoms. The number of rotatable bonds is 3. The normalized spacial score (nSPS) is 18.4. The van der Waals surface area contributed by atoms with Crippen LogP contribution in [-0.4, -0.2) is 12.8 Å². The molecule has 0 spiro atoms. The Kier molecular flexibility index (Phi) is 2.59. The Morgan fingerprint density at radius 1 is 1.31 bits per heavy atom. The number of hydrogen-bond acceptors (Lipinski definition) is 3.